The minimum atomic E-state index is -0.353. The number of rotatable bonds is 6. The normalized spacial score (nSPS) is 10.4. The van der Waals surface area contributed by atoms with E-state index in [1.807, 2.05) is 0 Å². The van der Waals surface area contributed by atoms with Crippen molar-refractivity contribution in [3.05, 3.63) is 47.8 Å². The molecule has 1 aromatic carbocycles. The van der Waals surface area contributed by atoms with Gasteiger partial charge in [-0.25, -0.2) is 5.43 Å². The second-order valence-corrected chi connectivity index (χ2v) is 4.36. The molecular weight excluding hydrogens is 298 g/mol. The topological polar surface area (TPSA) is 82.0 Å². The number of methoxy groups -OCH3 is 3. The van der Waals surface area contributed by atoms with Crippen molar-refractivity contribution in [1.29, 1.82) is 0 Å². The first-order valence-electron chi connectivity index (χ1n) is 6.73. The highest BCUT2D eigenvalue weighted by molar-refractivity contribution is 5.95. The van der Waals surface area contributed by atoms with Crippen molar-refractivity contribution < 1.29 is 19.0 Å². The highest BCUT2D eigenvalue weighted by Crippen LogP contribution is 2.38. The lowest BCUT2D eigenvalue weighted by Gasteiger charge is -2.13. The Morgan fingerprint density at radius 2 is 1.91 bits per heavy atom. The van der Waals surface area contributed by atoms with Gasteiger partial charge in [0, 0.05) is 18.0 Å². The van der Waals surface area contributed by atoms with Crippen LogP contribution in [0.1, 0.15) is 15.9 Å². The Morgan fingerprint density at radius 3 is 2.52 bits per heavy atom. The van der Waals surface area contributed by atoms with Crippen molar-refractivity contribution in [2.45, 2.75) is 0 Å². The van der Waals surface area contributed by atoms with Crippen molar-refractivity contribution >= 4 is 12.1 Å². The molecule has 0 spiro atoms. The summed E-state index contributed by atoms with van der Waals surface area (Å²) in [5.41, 5.74) is 3.48. The van der Waals surface area contributed by atoms with Gasteiger partial charge < -0.3 is 14.2 Å². The molecule has 7 heteroatoms. The van der Waals surface area contributed by atoms with Gasteiger partial charge in [-0.2, -0.15) is 5.10 Å². The zero-order chi connectivity index (χ0) is 16.7. The zero-order valence-electron chi connectivity index (χ0n) is 13.1. The summed E-state index contributed by atoms with van der Waals surface area (Å²) in [5, 5.41) is 3.93. The Hall–Kier alpha value is -3.09. The van der Waals surface area contributed by atoms with Crippen LogP contribution in [0.5, 0.6) is 17.2 Å². The molecule has 0 aliphatic heterocycles. The number of carbonyl (C=O) groups is 1. The highest BCUT2D eigenvalue weighted by atomic mass is 16.5. The third-order valence-corrected chi connectivity index (χ3v) is 3.03. The van der Waals surface area contributed by atoms with Crippen LogP contribution in [0, 0.1) is 0 Å². The molecule has 0 saturated carbocycles. The Morgan fingerprint density at radius 1 is 1.13 bits per heavy atom. The average molecular weight is 315 g/mol. The van der Waals surface area contributed by atoms with E-state index in [0.29, 0.717) is 28.4 Å². The molecule has 1 heterocycles. The van der Waals surface area contributed by atoms with Crippen LogP contribution in [0.4, 0.5) is 0 Å². The number of benzene rings is 1. The van der Waals surface area contributed by atoms with Crippen molar-refractivity contribution in [3.8, 4) is 17.2 Å². The van der Waals surface area contributed by atoms with E-state index in [-0.39, 0.29) is 5.91 Å². The smallest absolute Gasteiger partial charge is 0.272 e. The van der Waals surface area contributed by atoms with Crippen LogP contribution < -0.4 is 19.6 Å². The van der Waals surface area contributed by atoms with Gasteiger partial charge in [-0.15, -0.1) is 0 Å². The molecule has 0 atom stereocenters. The first kappa shape index (κ1) is 16.3. The highest BCUT2D eigenvalue weighted by Gasteiger charge is 2.14. The summed E-state index contributed by atoms with van der Waals surface area (Å²) in [4.78, 5) is 15.8. The number of nitrogens with zero attached hydrogens (tertiary/aromatic N) is 2. The molecule has 0 radical (unpaired) electrons. The lowest BCUT2D eigenvalue weighted by Crippen LogP contribution is -2.17. The molecular formula is C16H17N3O4. The molecule has 0 fully saturated rings. The van der Waals surface area contributed by atoms with E-state index in [1.165, 1.54) is 26.6 Å². The maximum atomic E-state index is 11.9. The van der Waals surface area contributed by atoms with Gasteiger partial charge in [0.2, 0.25) is 5.75 Å². The Kier molecular flexibility index (Phi) is 5.51. The summed E-state index contributed by atoms with van der Waals surface area (Å²) in [6.07, 6.45) is 4.52. The van der Waals surface area contributed by atoms with Crippen molar-refractivity contribution in [2.24, 2.45) is 5.10 Å². The van der Waals surface area contributed by atoms with Gasteiger partial charge in [0.1, 0.15) is 0 Å². The van der Waals surface area contributed by atoms with Gasteiger partial charge in [0.15, 0.2) is 11.5 Å². The lowest BCUT2D eigenvalue weighted by atomic mass is 10.2. The molecule has 2 rings (SSSR count). The van der Waals surface area contributed by atoms with E-state index in [0.717, 1.165) is 0 Å². The van der Waals surface area contributed by atoms with Gasteiger partial charge in [-0.3, -0.25) is 9.78 Å². The molecule has 1 amide bonds. The van der Waals surface area contributed by atoms with Crippen molar-refractivity contribution in [1.82, 2.24) is 10.4 Å². The summed E-state index contributed by atoms with van der Waals surface area (Å²) in [6, 6.07) is 6.80. The van der Waals surface area contributed by atoms with E-state index in [4.69, 9.17) is 14.2 Å². The lowest BCUT2D eigenvalue weighted by molar-refractivity contribution is 0.0954. The number of aromatic nitrogens is 1. The van der Waals surface area contributed by atoms with Gasteiger partial charge in [0.05, 0.1) is 33.1 Å². The number of amides is 1. The van der Waals surface area contributed by atoms with Crippen molar-refractivity contribution in [3.63, 3.8) is 0 Å². The number of pyridine rings is 1. The largest absolute Gasteiger partial charge is 0.493 e. The van der Waals surface area contributed by atoms with Crippen molar-refractivity contribution in [2.75, 3.05) is 21.3 Å². The molecule has 1 N–H and O–H groups in total. The number of ether oxygens (including phenoxy) is 3. The first-order chi connectivity index (χ1) is 11.2. The van der Waals surface area contributed by atoms with E-state index in [9.17, 15) is 4.79 Å². The molecule has 0 bridgehead atoms. The maximum absolute atomic E-state index is 11.9. The number of nitrogens with one attached hydrogen (secondary N) is 1. The summed E-state index contributed by atoms with van der Waals surface area (Å²) >= 11 is 0. The average Bonchev–Trinajstić information content (AvgIpc) is 2.61. The summed E-state index contributed by atoms with van der Waals surface area (Å²) in [5.74, 6) is 1.11. The van der Waals surface area contributed by atoms with Gasteiger partial charge in [0.25, 0.3) is 5.91 Å². The predicted molar refractivity (Wildman–Crippen MR) is 85.4 cm³/mol. The number of hydrazone groups is 1. The molecule has 23 heavy (non-hydrogen) atoms. The van der Waals surface area contributed by atoms with Crippen LogP contribution in [0.15, 0.2) is 41.8 Å². The Labute approximate surface area is 133 Å². The van der Waals surface area contributed by atoms with E-state index in [1.54, 1.807) is 37.6 Å². The zero-order valence-corrected chi connectivity index (χ0v) is 13.1. The maximum Gasteiger partial charge on any atom is 0.272 e. The molecule has 7 nitrogen and oxygen atoms in total. The van der Waals surface area contributed by atoms with Crippen LogP contribution in [-0.4, -0.2) is 38.4 Å². The molecule has 0 unspecified atom stereocenters. The number of carbonyl (C=O) groups excluding carboxylic acids is 1. The summed E-state index contributed by atoms with van der Waals surface area (Å²) in [6.45, 7) is 0. The van der Waals surface area contributed by atoms with E-state index < -0.39 is 0 Å². The summed E-state index contributed by atoms with van der Waals surface area (Å²) in [7, 11) is 4.58. The SMILES string of the molecule is COc1ccc(/C=N\NC(=O)c2cccnc2)c(OC)c1OC. The fourth-order valence-electron chi connectivity index (χ4n) is 1.95. The second kappa shape index (κ2) is 7.79. The van der Waals surface area contributed by atoms with Crippen LogP contribution in [0.3, 0.4) is 0 Å². The third kappa shape index (κ3) is 3.76. The molecule has 0 aliphatic carbocycles. The molecule has 0 saturated heterocycles. The second-order valence-electron chi connectivity index (χ2n) is 4.36. The number of hydrogen-bond donors (Lipinski definition) is 1. The van der Waals surface area contributed by atoms with Crippen LogP contribution >= 0.6 is 0 Å². The van der Waals surface area contributed by atoms with Crippen LogP contribution in [0.2, 0.25) is 0 Å². The third-order valence-electron chi connectivity index (χ3n) is 3.03. The predicted octanol–water partition coefficient (Wildman–Crippen LogP) is 1.87. The standard InChI is InChI=1S/C16H17N3O4/c1-21-13-7-6-11(14(22-2)15(13)23-3)10-18-19-16(20)12-5-4-8-17-9-12/h4-10H,1-3H3,(H,19,20)/b18-10-. The van der Waals surface area contributed by atoms with E-state index >= 15 is 0 Å². The van der Waals surface area contributed by atoms with Gasteiger partial charge >= 0.3 is 0 Å². The van der Waals surface area contributed by atoms with Gasteiger partial charge in [-0.1, -0.05) is 0 Å². The molecule has 2 aromatic rings. The molecule has 120 valence electrons. The van der Waals surface area contributed by atoms with E-state index in [2.05, 4.69) is 15.5 Å². The Bertz CT molecular complexity index is 702. The van der Waals surface area contributed by atoms with Gasteiger partial charge in [-0.05, 0) is 24.3 Å². The minimum absolute atomic E-state index is 0.353. The first-order valence-corrected chi connectivity index (χ1v) is 6.73. The summed E-state index contributed by atoms with van der Waals surface area (Å²) < 4.78 is 15.8. The van der Waals surface area contributed by atoms with Crippen LogP contribution in [-0.2, 0) is 0 Å². The quantitative estimate of drug-likeness (QED) is 0.650. The fourth-order valence-corrected chi connectivity index (χ4v) is 1.95. The monoisotopic (exact) mass is 315 g/mol. The van der Waals surface area contributed by atoms with Crippen LogP contribution in [0.25, 0.3) is 0 Å². The number of hydrogen-bond acceptors (Lipinski definition) is 6. The Balaban J connectivity index is 2.18. The fraction of sp³-hybridized carbons (Fsp3) is 0.188. The molecule has 1 aromatic heterocycles. The molecule has 0 aliphatic rings. The minimum Gasteiger partial charge on any atom is -0.493 e.